The molecule has 0 amide bonds. The average molecular weight is 234 g/mol. The molecule has 2 heterocycles. The lowest BCUT2D eigenvalue weighted by Crippen LogP contribution is -2.20. The van der Waals surface area contributed by atoms with Crippen LogP contribution in [0, 0.1) is 6.92 Å². The van der Waals surface area contributed by atoms with Crippen molar-refractivity contribution in [3.8, 4) is 0 Å². The van der Waals surface area contributed by atoms with Gasteiger partial charge in [0, 0.05) is 13.6 Å². The van der Waals surface area contributed by atoms with Crippen LogP contribution in [-0.4, -0.2) is 17.6 Å². The fourth-order valence-electron chi connectivity index (χ4n) is 2.17. The van der Waals surface area contributed by atoms with Crippen LogP contribution in [-0.2, 0) is 0 Å². The lowest BCUT2D eigenvalue weighted by molar-refractivity contribution is 1.01. The zero-order chi connectivity index (χ0) is 11.7. The number of hydrogen-bond donors (Lipinski definition) is 1. The van der Waals surface area contributed by atoms with Crippen LogP contribution >= 0.6 is 12.8 Å². The summed E-state index contributed by atoms with van der Waals surface area (Å²) in [6.07, 6.45) is 9.70. The molecule has 1 aliphatic rings. The Balaban J connectivity index is 2.57. The highest BCUT2D eigenvalue weighted by atomic mass is 32.1. The first kappa shape index (κ1) is 11.4. The molecule has 0 bridgehead atoms. The molecule has 1 aliphatic heterocycles. The standard InChI is InChI=1S/C13H18N2S/c1-4-5-7-11-10(2)13-12(15(11)16)8-6-9-14(13)3/h5-8,16H,4,9H2,1-3H3/b7-5-. The van der Waals surface area contributed by atoms with E-state index in [0.29, 0.717) is 0 Å². The first-order valence-corrected chi connectivity index (χ1v) is 6.05. The Kier molecular flexibility index (Phi) is 3.15. The van der Waals surface area contributed by atoms with Crippen molar-refractivity contribution in [3.05, 3.63) is 29.1 Å². The molecule has 2 rings (SSSR count). The van der Waals surface area contributed by atoms with Gasteiger partial charge in [0.2, 0.25) is 0 Å². The molecule has 0 N–H and O–H groups in total. The largest absolute Gasteiger partial charge is 0.369 e. The van der Waals surface area contributed by atoms with E-state index in [2.05, 4.69) is 62.9 Å². The molecule has 86 valence electrons. The van der Waals surface area contributed by atoms with Crippen molar-refractivity contribution in [2.45, 2.75) is 20.3 Å². The van der Waals surface area contributed by atoms with Crippen LogP contribution in [0.1, 0.15) is 30.3 Å². The number of anilines is 1. The minimum Gasteiger partial charge on any atom is -0.369 e. The van der Waals surface area contributed by atoms with Crippen LogP contribution in [0.5, 0.6) is 0 Å². The zero-order valence-electron chi connectivity index (χ0n) is 10.1. The molecule has 0 radical (unpaired) electrons. The number of thiol groups is 1. The summed E-state index contributed by atoms with van der Waals surface area (Å²) in [7, 11) is 2.12. The molecule has 1 aromatic rings. The fraction of sp³-hybridized carbons (Fsp3) is 0.385. The molecule has 0 atom stereocenters. The van der Waals surface area contributed by atoms with Crippen LogP contribution in [0.2, 0.25) is 0 Å². The quantitative estimate of drug-likeness (QED) is 0.771. The number of nitrogens with zero attached hydrogens (tertiary/aromatic N) is 2. The molecule has 0 spiro atoms. The maximum atomic E-state index is 4.57. The molecule has 0 saturated carbocycles. The third-order valence-corrected chi connectivity index (χ3v) is 3.42. The van der Waals surface area contributed by atoms with E-state index in [4.69, 9.17) is 0 Å². The Labute approximate surface area is 103 Å². The van der Waals surface area contributed by atoms with Crippen LogP contribution in [0.25, 0.3) is 12.2 Å². The minimum absolute atomic E-state index is 0.975. The van der Waals surface area contributed by atoms with Crippen LogP contribution < -0.4 is 4.90 Å². The minimum atomic E-state index is 0.975. The molecule has 0 fully saturated rings. The number of likely N-dealkylation sites (N-methyl/N-ethyl adjacent to an activating group) is 1. The Morgan fingerprint density at radius 2 is 2.25 bits per heavy atom. The fourth-order valence-corrected chi connectivity index (χ4v) is 2.55. The summed E-state index contributed by atoms with van der Waals surface area (Å²) in [6.45, 7) is 5.28. The Morgan fingerprint density at radius 1 is 1.50 bits per heavy atom. The summed E-state index contributed by atoms with van der Waals surface area (Å²) in [4.78, 5) is 2.26. The van der Waals surface area contributed by atoms with E-state index in [9.17, 15) is 0 Å². The monoisotopic (exact) mass is 234 g/mol. The topological polar surface area (TPSA) is 8.17 Å². The van der Waals surface area contributed by atoms with Gasteiger partial charge in [-0.3, -0.25) is 3.97 Å². The third kappa shape index (κ3) is 1.69. The van der Waals surface area contributed by atoms with Gasteiger partial charge in [0.15, 0.2) is 0 Å². The molecule has 0 saturated heterocycles. The highest BCUT2D eigenvalue weighted by molar-refractivity contribution is 7.78. The van der Waals surface area contributed by atoms with E-state index in [0.717, 1.165) is 13.0 Å². The summed E-state index contributed by atoms with van der Waals surface area (Å²) < 4.78 is 1.98. The van der Waals surface area contributed by atoms with Crippen LogP contribution in [0.15, 0.2) is 12.2 Å². The van der Waals surface area contributed by atoms with Crippen LogP contribution in [0.3, 0.4) is 0 Å². The number of fused-ring (bicyclic) bond motifs is 1. The average Bonchev–Trinajstić information content (AvgIpc) is 2.51. The van der Waals surface area contributed by atoms with E-state index in [1.54, 1.807) is 0 Å². The number of aromatic nitrogens is 1. The molecular formula is C13H18N2S. The van der Waals surface area contributed by atoms with Gasteiger partial charge < -0.3 is 4.90 Å². The maximum Gasteiger partial charge on any atom is 0.0757 e. The molecule has 1 aromatic heterocycles. The molecule has 2 nitrogen and oxygen atoms in total. The third-order valence-electron chi connectivity index (χ3n) is 2.99. The van der Waals surface area contributed by atoms with Gasteiger partial charge in [-0.25, -0.2) is 0 Å². The summed E-state index contributed by atoms with van der Waals surface area (Å²) >= 11 is 4.57. The predicted molar refractivity (Wildman–Crippen MR) is 75.2 cm³/mol. The second kappa shape index (κ2) is 4.42. The first-order chi connectivity index (χ1) is 7.66. The number of allylic oxidation sites excluding steroid dienone is 1. The number of hydrogen-bond acceptors (Lipinski definition) is 2. The van der Waals surface area contributed by atoms with Crippen LogP contribution in [0.4, 0.5) is 5.69 Å². The highest BCUT2D eigenvalue weighted by Crippen LogP contribution is 2.35. The lowest BCUT2D eigenvalue weighted by Gasteiger charge is -2.21. The summed E-state index contributed by atoms with van der Waals surface area (Å²) in [6, 6.07) is 0. The van der Waals surface area contributed by atoms with Gasteiger partial charge in [0.05, 0.1) is 17.1 Å². The van der Waals surface area contributed by atoms with Crippen molar-refractivity contribution >= 4 is 30.7 Å². The second-order valence-electron chi connectivity index (χ2n) is 4.15. The van der Waals surface area contributed by atoms with Gasteiger partial charge in [0.1, 0.15) is 0 Å². The Morgan fingerprint density at radius 3 is 2.88 bits per heavy atom. The predicted octanol–water partition coefficient (Wildman–Crippen LogP) is 3.38. The second-order valence-corrected chi connectivity index (χ2v) is 4.55. The van der Waals surface area contributed by atoms with Crippen molar-refractivity contribution in [2.75, 3.05) is 18.5 Å². The molecule has 0 aliphatic carbocycles. The molecule has 0 aromatic carbocycles. The van der Waals surface area contributed by atoms with Gasteiger partial charge >= 0.3 is 0 Å². The van der Waals surface area contributed by atoms with Gasteiger partial charge in [-0.2, -0.15) is 0 Å². The number of rotatable bonds is 2. The lowest BCUT2D eigenvalue weighted by atomic mass is 10.1. The van der Waals surface area contributed by atoms with Gasteiger partial charge in [0.25, 0.3) is 0 Å². The van der Waals surface area contributed by atoms with Crippen molar-refractivity contribution in [1.29, 1.82) is 0 Å². The van der Waals surface area contributed by atoms with E-state index in [1.165, 1.54) is 22.6 Å². The van der Waals surface area contributed by atoms with Gasteiger partial charge in [-0.15, -0.1) is 0 Å². The van der Waals surface area contributed by atoms with Gasteiger partial charge in [-0.1, -0.05) is 31.9 Å². The SMILES string of the molecule is CC/C=C\c1c(C)c2c(n1S)C=CCN2C. The van der Waals surface area contributed by atoms with Crippen molar-refractivity contribution in [1.82, 2.24) is 3.97 Å². The van der Waals surface area contributed by atoms with Crippen molar-refractivity contribution < 1.29 is 0 Å². The highest BCUT2D eigenvalue weighted by Gasteiger charge is 2.20. The normalized spacial score (nSPS) is 14.9. The first-order valence-electron chi connectivity index (χ1n) is 5.65. The van der Waals surface area contributed by atoms with Crippen molar-refractivity contribution in [2.24, 2.45) is 0 Å². The smallest absolute Gasteiger partial charge is 0.0757 e. The molecule has 16 heavy (non-hydrogen) atoms. The van der Waals surface area contributed by atoms with E-state index in [1.807, 2.05) is 3.97 Å². The maximum absolute atomic E-state index is 4.57. The zero-order valence-corrected chi connectivity index (χ0v) is 11.0. The Hall–Kier alpha value is -1.09. The molecular weight excluding hydrogens is 216 g/mol. The molecule has 3 heteroatoms. The molecule has 0 unspecified atom stereocenters. The summed E-state index contributed by atoms with van der Waals surface area (Å²) in [5.41, 5.74) is 4.98. The Bertz CT molecular complexity index is 455. The van der Waals surface area contributed by atoms with Gasteiger partial charge in [-0.05, 0) is 31.1 Å². The van der Waals surface area contributed by atoms with E-state index >= 15 is 0 Å². The van der Waals surface area contributed by atoms with Crippen molar-refractivity contribution in [3.63, 3.8) is 0 Å². The van der Waals surface area contributed by atoms with E-state index in [-0.39, 0.29) is 0 Å². The van der Waals surface area contributed by atoms with E-state index < -0.39 is 0 Å². The summed E-state index contributed by atoms with van der Waals surface area (Å²) in [5, 5.41) is 0. The summed E-state index contributed by atoms with van der Waals surface area (Å²) in [5.74, 6) is 0.